The van der Waals surface area contributed by atoms with Gasteiger partial charge in [0.25, 0.3) is 0 Å². The average molecular weight is 408 g/mol. The predicted octanol–water partition coefficient (Wildman–Crippen LogP) is 4.37. The number of methoxy groups -OCH3 is 1. The zero-order valence-corrected chi connectivity index (χ0v) is 16.0. The number of likely N-dealkylation sites (tertiary alicyclic amines) is 1. The lowest BCUT2D eigenvalue weighted by atomic mass is 9.99. The van der Waals surface area contributed by atoms with Gasteiger partial charge in [-0.2, -0.15) is 0 Å². The van der Waals surface area contributed by atoms with E-state index in [1.807, 2.05) is 24.3 Å². The minimum absolute atomic E-state index is 0.0370. The number of carbonyl (C=O) groups is 1. The third-order valence-electron chi connectivity index (χ3n) is 4.88. The molecule has 2 amide bonds. The molecule has 1 atom stereocenters. The van der Waals surface area contributed by atoms with Crippen molar-refractivity contribution in [3.8, 4) is 11.5 Å². The largest absolute Gasteiger partial charge is 0.573 e. The summed E-state index contributed by atoms with van der Waals surface area (Å²) in [5.41, 5.74) is 1.45. The van der Waals surface area contributed by atoms with Gasteiger partial charge in [-0.15, -0.1) is 13.2 Å². The molecule has 1 N–H and O–H groups in total. The number of amides is 2. The number of rotatable bonds is 6. The molecule has 2 aromatic carbocycles. The second-order valence-corrected chi connectivity index (χ2v) is 6.97. The Balaban J connectivity index is 1.51. The summed E-state index contributed by atoms with van der Waals surface area (Å²) >= 11 is 0. The molecule has 2 aromatic rings. The number of nitrogens with zero attached hydrogens (tertiary/aromatic N) is 1. The molecule has 0 aromatic heterocycles. The fourth-order valence-electron chi connectivity index (χ4n) is 3.44. The van der Waals surface area contributed by atoms with Gasteiger partial charge in [-0.1, -0.05) is 30.3 Å². The highest BCUT2D eigenvalue weighted by Gasteiger charge is 2.32. The summed E-state index contributed by atoms with van der Waals surface area (Å²) in [6.07, 6.45) is -3.03. The van der Waals surface area contributed by atoms with E-state index < -0.39 is 6.36 Å². The van der Waals surface area contributed by atoms with Gasteiger partial charge < -0.3 is 19.7 Å². The first-order valence-corrected chi connectivity index (χ1v) is 9.33. The number of ether oxygens (including phenoxy) is 2. The Bertz CT molecular complexity index is 825. The number of alkyl halides is 3. The van der Waals surface area contributed by atoms with Crippen molar-refractivity contribution in [2.24, 2.45) is 5.92 Å². The molecule has 1 aliphatic heterocycles. The monoisotopic (exact) mass is 408 g/mol. The number of nitrogens with one attached hydrogen (secondary N) is 1. The first-order valence-electron chi connectivity index (χ1n) is 9.33. The molecule has 3 rings (SSSR count). The minimum Gasteiger partial charge on any atom is -0.497 e. The summed E-state index contributed by atoms with van der Waals surface area (Å²) in [6, 6.07) is 13.3. The molecule has 1 fully saturated rings. The molecule has 0 aliphatic carbocycles. The van der Waals surface area contributed by atoms with E-state index in [4.69, 9.17) is 4.74 Å². The summed E-state index contributed by atoms with van der Waals surface area (Å²) in [7, 11) is 1.62. The molecule has 1 saturated heterocycles. The number of carbonyl (C=O) groups excluding carboxylic acids is 1. The van der Waals surface area contributed by atoms with Crippen molar-refractivity contribution in [2.75, 3.05) is 20.2 Å². The maximum absolute atomic E-state index is 12.5. The SMILES string of the molecule is COc1ccc(CC2CCN(C(=O)NCc3ccccc3OC(F)(F)F)C2)cc1. The fraction of sp³-hybridized carbons (Fsp3) is 0.381. The van der Waals surface area contributed by atoms with Crippen LogP contribution in [0.25, 0.3) is 0 Å². The van der Waals surface area contributed by atoms with Crippen LogP contribution in [0.1, 0.15) is 17.5 Å². The third-order valence-corrected chi connectivity index (χ3v) is 4.88. The van der Waals surface area contributed by atoms with E-state index in [2.05, 4.69) is 10.1 Å². The quantitative estimate of drug-likeness (QED) is 0.772. The lowest BCUT2D eigenvalue weighted by Gasteiger charge is -2.19. The summed E-state index contributed by atoms with van der Waals surface area (Å²) in [6.45, 7) is 1.19. The van der Waals surface area contributed by atoms with Gasteiger partial charge in [0.05, 0.1) is 7.11 Å². The molecule has 1 heterocycles. The average Bonchev–Trinajstić information content (AvgIpc) is 3.15. The van der Waals surface area contributed by atoms with Crippen LogP contribution in [0.3, 0.4) is 0 Å². The van der Waals surface area contributed by atoms with Gasteiger partial charge >= 0.3 is 12.4 Å². The molecular weight excluding hydrogens is 385 g/mol. The van der Waals surface area contributed by atoms with Crippen LogP contribution < -0.4 is 14.8 Å². The molecule has 0 saturated carbocycles. The van der Waals surface area contributed by atoms with Crippen molar-refractivity contribution in [3.05, 3.63) is 59.7 Å². The number of halogens is 3. The van der Waals surface area contributed by atoms with Gasteiger partial charge in [0, 0.05) is 25.2 Å². The van der Waals surface area contributed by atoms with Gasteiger partial charge in [-0.05, 0) is 42.5 Å². The van der Waals surface area contributed by atoms with E-state index in [0.717, 1.165) is 18.6 Å². The maximum atomic E-state index is 12.5. The zero-order chi connectivity index (χ0) is 20.9. The summed E-state index contributed by atoms with van der Waals surface area (Å²) in [5.74, 6) is 0.838. The summed E-state index contributed by atoms with van der Waals surface area (Å²) in [5, 5.41) is 2.69. The van der Waals surface area contributed by atoms with E-state index in [1.165, 1.54) is 23.8 Å². The van der Waals surface area contributed by atoms with Crippen LogP contribution in [-0.2, 0) is 13.0 Å². The molecule has 0 spiro atoms. The Labute approximate surface area is 167 Å². The molecule has 29 heavy (non-hydrogen) atoms. The fourth-order valence-corrected chi connectivity index (χ4v) is 3.44. The van der Waals surface area contributed by atoms with E-state index in [1.54, 1.807) is 18.1 Å². The predicted molar refractivity (Wildman–Crippen MR) is 102 cm³/mol. The van der Waals surface area contributed by atoms with Gasteiger partial charge in [0.2, 0.25) is 0 Å². The van der Waals surface area contributed by atoms with Crippen molar-refractivity contribution in [3.63, 3.8) is 0 Å². The lowest BCUT2D eigenvalue weighted by Crippen LogP contribution is -2.38. The highest BCUT2D eigenvalue weighted by Crippen LogP contribution is 2.26. The molecular formula is C21H23F3N2O3. The Morgan fingerprint density at radius 2 is 1.90 bits per heavy atom. The van der Waals surface area contributed by atoms with Crippen LogP contribution in [0.4, 0.5) is 18.0 Å². The Morgan fingerprint density at radius 3 is 2.59 bits per heavy atom. The molecule has 0 radical (unpaired) electrons. The molecule has 1 unspecified atom stereocenters. The Hall–Kier alpha value is -2.90. The Morgan fingerprint density at radius 1 is 1.17 bits per heavy atom. The zero-order valence-electron chi connectivity index (χ0n) is 16.0. The number of hydrogen-bond acceptors (Lipinski definition) is 3. The van der Waals surface area contributed by atoms with Gasteiger partial charge in [0.1, 0.15) is 11.5 Å². The van der Waals surface area contributed by atoms with Crippen LogP contribution in [-0.4, -0.2) is 37.5 Å². The number of urea groups is 1. The second-order valence-electron chi connectivity index (χ2n) is 6.97. The first kappa shape index (κ1) is 20.8. The molecule has 5 nitrogen and oxygen atoms in total. The molecule has 0 bridgehead atoms. The van der Waals surface area contributed by atoms with E-state index >= 15 is 0 Å². The van der Waals surface area contributed by atoms with Gasteiger partial charge in [-0.25, -0.2) is 4.79 Å². The number of hydrogen-bond donors (Lipinski definition) is 1. The molecule has 156 valence electrons. The van der Waals surface area contributed by atoms with Crippen LogP contribution >= 0.6 is 0 Å². The highest BCUT2D eigenvalue weighted by atomic mass is 19.4. The smallest absolute Gasteiger partial charge is 0.497 e. The second kappa shape index (κ2) is 9.07. The van der Waals surface area contributed by atoms with Crippen molar-refractivity contribution >= 4 is 6.03 Å². The number of benzene rings is 2. The van der Waals surface area contributed by atoms with Crippen molar-refractivity contribution < 1.29 is 27.4 Å². The van der Waals surface area contributed by atoms with Crippen LogP contribution in [0.2, 0.25) is 0 Å². The standard InChI is InChI=1S/C21H23F3N2O3/c1-28-18-8-6-15(7-9-18)12-16-10-11-26(14-16)20(27)25-13-17-4-2-3-5-19(17)29-21(22,23)24/h2-9,16H,10-14H2,1H3,(H,25,27). The van der Waals surface area contributed by atoms with Crippen molar-refractivity contribution in [1.82, 2.24) is 10.2 Å². The summed E-state index contributed by atoms with van der Waals surface area (Å²) in [4.78, 5) is 14.1. The molecule has 8 heteroatoms. The topological polar surface area (TPSA) is 50.8 Å². The highest BCUT2D eigenvalue weighted by molar-refractivity contribution is 5.74. The van der Waals surface area contributed by atoms with E-state index in [9.17, 15) is 18.0 Å². The summed E-state index contributed by atoms with van der Waals surface area (Å²) < 4.78 is 46.7. The van der Waals surface area contributed by atoms with Crippen molar-refractivity contribution in [1.29, 1.82) is 0 Å². The lowest BCUT2D eigenvalue weighted by molar-refractivity contribution is -0.274. The first-order chi connectivity index (χ1) is 13.8. The van der Waals surface area contributed by atoms with Crippen LogP contribution in [0, 0.1) is 5.92 Å². The van der Waals surface area contributed by atoms with E-state index in [-0.39, 0.29) is 23.9 Å². The van der Waals surface area contributed by atoms with Gasteiger partial charge in [-0.3, -0.25) is 0 Å². The maximum Gasteiger partial charge on any atom is 0.573 e. The number of para-hydroxylation sites is 1. The minimum atomic E-state index is -4.77. The van der Waals surface area contributed by atoms with Crippen molar-refractivity contribution in [2.45, 2.75) is 25.7 Å². The third kappa shape index (κ3) is 6.04. The molecule has 1 aliphatic rings. The normalized spacial score (nSPS) is 16.6. The van der Waals surface area contributed by atoms with Crippen LogP contribution in [0.15, 0.2) is 48.5 Å². The van der Waals surface area contributed by atoms with Crippen LogP contribution in [0.5, 0.6) is 11.5 Å². The van der Waals surface area contributed by atoms with Gasteiger partial charge in [0.15, 0.2) is 0 Å². The van der Waals surface area contributed by atoms with E-state index in [0.29, 0.717) is 19.0 Å². The Kier molecular flexibility index (Phi) is 6.51.